The maximum Gasteiger partial charge on any atom is 0.244 e. The largest absolute Gasteiger partial charge is 0.357 e. The highest BCUT2D eigenvalue weighted by atomic mass is 32.2. The Balaban J connectivity index is 2.48. The van der Waals surface area contributed by atoms with Crippen LogP contribution in [-0.2, 0) is 26.2 Å². The van der Waals surface area contributed by atoms with Gasteiger partial charge in [-0.1, -0.05) is 37.3 Å². The molecule has 32 heavy (non-hydrogen) atoms. The van der Waals surface area contributed by atoms with E-state index in [4.69, 9.17) is 0 Å². The molecule has 0 fully saturated rings. The van der Waals surface area contributed by atoms with Gasteiger partial charge in [0.15, 0.2) is 0 Å². The monoisotopic (exact) mass is 463 g/mol. The number of rotatable bonds is 9. The summed E-state index contributed by atoms with van der Waals surface area (Å²) < 4.78 is 39.7. The molecule has 2 amide bonds. The molecule has 1 atom stereocenters. The summed E-state index contributed by atoms with van der Waals surface area (Å²) in [5.41, 5.74) is 2.50. The summed E-state index contributed by atoms with van der Waals surface area (Å²) in [7, 11) is -2.32. The molecule has 0 spiro atoms. The topological polar surface area (TPSA) is 86.8 Å². The highest BCUT2D eigenvalue weighted by Crippen LogP contribution is 2.27. The number of sulfonamides is 1. The van der Waals surface area contributed by atoms with Crippen LogP contribution >= 0.6 is 0 Å². The molecule has 7 nitrogen and oxygen atoms in total. The van der Waals surface area contributed by atoms with Crippen LogP contribution in [0.25, 0.3) is 0 Å². The maximum atomic E-state index is 13.5. The van der Waals surface area contributed by atoms with Gasteiger partial charge >= 0.3 is 0 Å². The second-order valence-corrected chi connectivity index (χ2v) is 9.60. The smallest absolute Gasteiger partial charge is 0.244 e. The van der Waals surface area contributed by atoms with Gasteiger partial charge in [-0.15, -0.1) is 0 Å². The van der Waals surface area contributed by atoms with Crippen LogP contribution in [0.3, 0.4) is 0 Å². The van der Waals surface area contributed by atoms with E-state index in [1.54, 1.807) is 32.9 Å². The Labute approximate surface area is 189 Å². The minimum Gasteiger partial charge on any atom is -0.357 e. The lowest BCUT2D eigenvalue weighted by Crippen LogP contribution is -2.51. The van der Waals surface area contributed by atoms with Crippen molar-refractivity contribution >= 4 is 27.5 Å². The standard InChI is InChI=1S/C23H30FN3O4S/c1-6-20(23(29)25-4)26(14-18-10-12-19(24)13-11-18)21(28)15-27(32(5,30)31)22-16(2)8-7-9-17(22)3/h7-13,20H,6,14-15H2,1-5H3,(H,25,29)/t20-/m0/s1. The quantitative estimate of drug-likeness (QED) is 0.620. The first-order valence-corrected chi connectivity index (χ1v) is 12.1. The van der Waals surface area contributed by atoms with Gasteiger partial charge in [-0.2, -0.15) is 0 Å². The fourth-order valence-corrected chi connectivity index (χ4v) is 4.61. The summed E-state index contributed by atoms with van der Waals surface area (Å²) in [6.45, 7) is 4.90. The van der Waals surface area contributed by atoms with Crippen molar-refractivity contribution < 1.29 is 22.4 Å². The highest BCUT2D eigenvalue weighted by molar-refractivity contribution is 7.92. The van der Waals surface area contributed by atoms with Crippen LogP contribution in [0.5, 0.6) is 0 Å². The van der Waals surface area contributed by atoms with E-state index in [9.17, 15) is 22.4 Å². The molecule has 0 unspecified atom stereocenters. The molecule has 0 heterocycles. The third-order valence-electron chi connectivity index (χ3n) is 5.27. The summed E-state index contributed by atoms with van der Waals surface area (Å²) in [5, 5.41) is 2.56. The Morgan fingerprint density at radius 2 is 1.62 bits per heavy atom. The molecule has 0 aromatic heterocycles. The number of para-hydroxylation sites is 1. The van der Waals surface area contributed by atoms with Crippen molar-refractivity contribution in [2.45, 2.75) is 39.8 Å². The first kappa shape index (κ1) is 25.3. The highest BCUT2D eigenvalue weighted by Gasteiger charge is 2.32. The van der Waals surface area contributed by atoms with Crippen molar-refractivity contribution in [3.8, 4) is 0 Å². The zero-order valence-corrected chi connectivity index (χ0v) is 19.9. The van der Waals surface area contributed by atoms with Gasteiger partial charge in [0.2, 0.25) is 21.8 Å². The molecule has 2 aromatic rings. The molecule has 174 valence electrons. The lowest BCUT2D eigenvalue weighted by atomic mass is 10.1. The molecular weight excluding hydrogens is 433 g/mol. The molecule has 2 aromatic carbocycles. The Bertz CT molecular complexity index is 1050. The summed E-state index contributed by atoms with van der Waals surface area (Å²) in [6, 6.07) is 10.2. The summed E-state index contributed by atoms with van der Waals surface area (Å²) in [4.78, 5) is 27.3. The third-order valence-corrected chi connectivity index (χ3v) is 6.38. The van der Waals surface area contributed by atoms with Gasteiger partial charge < -0.3 is 10.2 Å². The molecule has 1 N–H and O–H groups in total. The average molecular weight is 464 g/mol. The molecule has 0 radical (unpaired) electrons. The second-order valence-electron chi connectivity index (χ2n) is 7.70. The molecule has 2 rings (SSSR count). The van der Waals surface area contributed by atoms with E-state index in [2.05, 4.69) is 5.32 Å². The fraction of sp³-hybridized carbons (Fsp3) is 0.391. The minimum absolute atomic E-state index is 0.0371. The predicted molar refractivity (Wildman–Crippen MR) is 123 cm³/mol. The number of amides is 2. The first-order valence-electron chi connectivity index (χ1n) is 10.3. The van der Waals surface area contributed by atoms with Gasteiger partial charge in [0.1, 0.15) is 18.4 Å². The van der Waals surface area contributed by atoms with Gasteiger partial charge in [-0.25, -0.2) is 12.8 Å². The number of aryl methyl sites for hydroxylation is 2. The van der Waals surface area contributed by atoms with E-state index < -0.39 is 34.3 Å². The Morgan fingerprint density at radius 3 is 2.09 bits per heavy atom. The number of halogens is 1. The normalized spacial score (nSPS) is 12.2. The van der Waals surface area contributed by atoms with Crippen LogP contribution in [0, 0.1) is 19.7 Å². The van der Waals surface area contributed by atoms with Crippen molar-refractivity contribution in [3.63, 3.8) is 0 Å². The van der Waals surface area contributed by atoms with Gasteiger partial charge in [-0.05, 0) is 49.1 Å². The zero-order chi connectivity index (χ0) is 24.1. The SMILES string of the molecule is CC[C@@H](C(=O)NC)N(Cc1ccc(F)cc1)C(=O)CN(c1c(C)cccc1C)S(C)(=O)=O. The average Bonchev–Trinajstić information content (AvgIpc) is 2.73. The van der Waals surface area contributed by atoms with E-state index in [0.29, 0.717) is 28.8 Å². The van der Waals surface area contributed by atoms with Crippen molar-refractivity contribution in [1.29, 1.82) is 0 Å². The first-order chi connectivity index (χ1) is 15.0. The van der Waals surface area contributed by atoms with Gasteiger partial charge in [0, 0.05) is 13.6 Å². The van der Waals surface area contributed by atoms with Gasteiger partial charge in [0.05, 0.1) is 11.9 Å². The number of hydrogen-bond donors (Lipinski definition) is 1. The van der Waals surface area contributed by atoms with Crippen LogP contribution < -0.4 is 9.62 Å². The Morgan fingerprint density at radius 1 is 1.06 bits per heavy atom. The minimum atomic E-state index is -3.79. The lowest BCUT2D eigenvalue weighted by Gasteiger charge is -2.33. The Hall–Kier alpha value is -2.94. The molecule has 0 aliphatic heterocycles. The number of nitrogens with one attached hydrogen (secondary N) is 1. The van der Waals surface area contributed by atoms with E-state index in [1.807, 2.05) is 6.07 Å². The number of benzene rings is 2. The number of likely N-dealkylation sites (N-methyl/N-ethyl adjacent to an activating group) is 1. The van der Waals surface area contributed by atoms with Crippen molar-refractivity contribution in [3.05, 3.63) is 65.0 Å². The van der Waals surface area contributed by atoms with Crippen molar-refractivity contribution in [2.75, 3.05) is 24.2 Å². The molecule has 0 bridgehead atoms. The molecule has 0 aliphatic rings. The summed E-state index contributed by atoms with van der Waals surface area (Å²) >= 11 is 0. The lowest BCUT2D eigenvalue weighted by molar-refractivity contribution is -0.140. The molecule has 0 aliphatic carbocycles. The number of nitrogens with zero attached hydrogens (tertiary/aromatic N) is 2. The van der Waals surface area contributed by atoms with E-state index in [-0.39, 0.29) is 12.5 Å². The van der Waals surface area contributed by atoms with Crippen LogP contribution in [0.2, 0.25) is 0 Å². The Kier molecular flexibility index (Phi) is 8.38. The van der Waals surface area contributed by atoms with Crippen molar-refractivity contribution in [1.82, 2.24) is 10.2 Å². The number of anilines is 1. The van der Waals surface area contributed by atoms with Crippen LogP contribution in [0.15, 0.2) is 42.5 Å². The summed E-state index contributed by atoms with van der Waals surface area (Å²) in [5.74, 6) is -1.30. The zero-order valence-electron chi connectivity index (χ0n) is 19.1. The number of carbonyl (C=O) groups is 2. The van der Waals surface area contributed by atoms with Gasteiger partial charge in [0.25, 0.3) is 0 Å². The van der Waals surface area contributed by atoms with Gasteiger partial charge in [-0.3, -0.25) is 13.9 Å². The van der Waals surface area contributed by atoms with E-state index in [1.165, 1.54) is 36.2 Å². The number of carbonyl (C=O) groups excluding carboxylic acids is 2. The van der Waals surface area contributed by atoms with Crippen molar-refractivity contribution in [2.24, 2.45) is 0 Å². The maximum absolute atomic E-state index is 13.5. The predicted octanol–water partition coefficient (Wildman–Crippen LogP) is 2.76. The summed E-state index contributed by atoms with van der Waals surface area (Å²) in [6.07, 6.45) is 1.38. The second kappa shape index (κ2) is 10.6. The van der Waals surface area contributed by atoms with Crippen LogP contribution in [-0.4, -0.2) is 51.0 Å². The van der Waals surface area contributed by atoms with E-state index >= 15 is 0 Å². The number of hydrogen-bond acceptors (Lipinski definition) is 4. The van der Waals surface area contributed by atoms with Crippen LogP contribution in [0.4, 0.5) is 10.1 Å². The molecule has 0 saturated carbocycles. The molecule has 9 heteroatoms. The van der Waals surface area contributed by atoms with E-state index in [0.717, 1.165) is 10.6 Å². The fourth-order valence-electron chi connectivity index (χ4n) is 3.65. The molecule has 0 saturated heterocycles. The third kappa shape index (κ3) is 6.06. The van der Waals surface area contributed by atoms with Crippen LogP contribution in [0.1, 0.15) is 30.0 Å². The molecular formula is C23H30FN3O4S.